The van der Waals surface area contributed by atoms with E-state index in [1.54, 1.807) is 0 Å². The Morgan fingerprint density at radius 3 is 0.545 bits per heavy atom. The quantitative estimate of drug-likeness (QED) is 0.482. The van der Waals surface area contributed by atoms with Gasteiger partial charge in [0.15, 0.2) is 0 Å². The maximum atomic E-state index is 2.21. The van der Waals surface area contributed by atoms with Crippen molar-refractivity contribution in [2.75, 3.05) is 0 Å². The first-order valence-corrected chi connectivity index (χ1v) is 9.39. The molecule has 0 radical (unpaired) electrons. The summed E-state index contributed by atoms with van der Waals surface area (Å²) < 4.78 is 0. The Bertz CT molecular complexity index is 59.4. The number of unbranched alkanes of at least 4 members (excludes halogenated alkanes) is 4. The third kappa shape index (κ3) is 451. The molecule has 0 aromatic rings. The summed E-state index contributed by atoms with van der Waals surface area (Å²) in [7, 11) is 0. The van der Waals surface area contributed by atoms with Crippen LogP contribution in [0.5, 0.6) is 0 Å². The molecule has 0 amide bonds. The number of rotatable bonds is 4. The van der Waals surface area contributed by atoms with Crippen molar-refractivity contribution >= 4 is 0 Å². The molecule has 0 bridgehead atoms. The first kappa shape index (κ1) is 43.1. The smallest absolute Gasteiger partial charge is 0.0500 e. The minimum Gasteiger partial charge on any atom is -0.0776 e. The second-order valence-corrected chi connectivity index (χ2v) is 5.85. The highest BCUT2D eigenvalue weighted by atomic mass is 13.8. The molecular formula is C22H58. The van der Waals surface area contributed by atoms with Crippen molar-refractivity contribution in [1.82, 2.24) is 0 Å². The predicted octanol–water partition coefficient (Wildman–Crippen LogP) is 10.2. The first-order chi connectivity index (χ1) is 9.39. The van der Waals surface area contributed by atoms with Crippen LogP contribution >= 0.6 is 0 Å². The molecule has 0 rings (SSSR count). The fourth-order valence-corrected chi connectivity index (χ4v) is 0.707. The van der Waals surface area contributed by atoms with E-state index in [1.165, 1.54) is 51.4 Å². The molecule has 0 N–H and O–H groups in total. The van der Waals surface area contributed by atoms with Crippen molar-refractivity contribution in [3.8, 4) is 0 Å². The van der Waals surface area contributed by atoms with Gasteiger partial charge >= 0.3 is 0 Å². The van der Waals surface area contributed by atoms with Crippen molar-refractivity contribution < 1.29 is 0 Å². The van der Waals surface area contributed by atoms with Crippen LogP contribution in [0.4, 0.5) is 0 Å². The zero-order chi connectivity index (χ0) is 17.2. The van der Waals surface area contributed by atoms with E-state index in [-0.39, 0.29) is 14.9 Å². The zero-order valence-corrected chi connectivity index (χ0v) is 17.2. The van der Waals surface area contributed by atoms with Crippen LogP contribution in [0.15, 0.2) is 0 Å². The van der Waals surface area contributed by atoms with Crippen LogP contribution in [0.3, 0.4) is 0 Å². The van der Waals surface area contributed by atoms with Gasteiger partial charge in [-0.05, 0) is 5.92 Å². The number of hydrogen-bond donors (Lipinski definition) is 0. The second kappa shape index (κ2) is 69.4. The predicted molar refractivity (Wildman–Crippen MR) is 116 cm³/mol. The van der Waals surface area contributed by atoms with E-state index in [1.807, 2.05) is 0 Å². The highest BCUT2D eigenvalue weighted by molar-refractivity contribution is 4.24. The summed E-state index contributed by atoms with van der Waals surface area (Å²) in [5.74, 6) is 0.833. The summed E-state index contributed by atoms with van der Waals surface area (Å²) in [5.41, 5.74) is 0. The molecule has 0 aromatic heterocycles. The minimum atomic E-state index is 0. The third-order valence-electron chi connectivity index (χ3n) is 1.41. The Labute approximate surface area is 148 Å². The van der Waals surface area contributed by atoms with Crippen LogP contribution in [0.25, 0.3) is 0 Å². The molecule has 0 aliphatic carbocycles. The zero-order valence-electron chi connectivity index (χ0n) is 17.2. The second-order valence-electron chi connectivity index (χ2n) is 5.85. The Morgan fingerprint density at radius 2 is 0.545 bits per heavy atom. The Morgan fingerprint density at radius 1 is 0.455 bits per heavy atom. The lowest BCUT2D eigenvalue weighted by Crippen LogP contribution is -1.66. The molecule has 0 aromatic carbocycles. The first-order valence-electron chi connectivity index (χ1n) is 9.39. The van der Waals surface area contributed by atoms with E-state index in [4.69, 9.17) is 0 Å². The van der Waals surface area contributed by atoms with Gasteiger partial charge in [-0.2, -0.15) is 0 Å². The van der Waals surface area contributed by atoms with Gasteiger partial charge in [0.1, 0.15) is 0 Å². The molecule has 22 heavy (non-hydrogen) atoms. The van der Waals surface area contributed by atoms with E-state index in [0.29, 0.717) is 0 Å². The molecule has 0 saturated heterocycles. The summed E-state index contributed by atoms with van der Waals surface area (Å²) in [5, 5.41) is 0. The van der Waals surface area contributed by atoms with Gasteiger partial charge in [-0.15, -0.1) is 0 Å². The summed E-state index contributed by atoms with van der Waals surface area (Å²) in [6.07, 6.45) is 10.7. The van der Waals surface area contributed by atoms with E-state index in [0.717, 1.165) is 5.92 Å². The van der Waals surface area contributed by atoms with E-state index >= 15 is 0 Å². The molecule has 0 spiro atoms. The molecule has 0 nitrogen and oxygen atoms in total. The lowest BCUT2D eigenvalue weighted by atomic mass is 10.3. The maximum Gasteiger partial charge on any atom is -0.0500 e. The van der Waals surface area contributed by atoms with Gasteiger partial charge < -0.3 is 0 Å². The van der Waals surface area contributed by atoms with Gasteiger partial charge in [-0.3, -0.25) is 0 Å². The van der Waals surface area contributed by atoms with Crippen LogP contribution in [0, 0.1) is 5.92 Å². The monoisotopic (exact) mass is 322 g/mol. The molecule has 0 atom stereocenters. The van der Waals surface area contributed by atoms with Gasteiger partial charge in [0, 0.05) is 0 Å². The van der Waals surface area contributed by atoms with Crippen LogP contribution < -0.4 is 0 Å². The minimum absolute atomic E-state index is 0. The Balaban J connectivity index is -0.0000000254. The Kier molecular flexibility index (Phi) is 136. The van der Waals surface area contributed by atoms with Crippen molar-refractivity contribution in [1.29, 1.82) is 0 Å². The average molecular weight is 323 g/mol. The molecule has 0 heterocycles. The summed E-state index contributed by atoms with van der Waals surface area (Å²) in [4.78, 5) is 0. The van der Waals surface area contributed by atoms with Crippen LogP contribution in [-0.2, 0) is 0 Å². The topological polar surface area (TPSA) is 0 Å². The normalized spacial score (nSPS) is 7.09. The molecule has 0 aliphatic rings. The third-order valence-corrected chi connectivity index (χ3v) is 1.41. The van der Waals surface area contributed by atoms with Crippen molar-refractivity contribution in [3.63, 3.8) is 0 Å². The summed E-state index contributed by atoms with van der Waals surface area (Å²) >= 11 is 0. The van der Waals surface area contributed by atoms with Crippen LogP contribution in [0.1, 0.15) is 142 Å². The highest BCUT2D eigenvalue weighted by Crippen LogP contribution is 1.88. The van der Waals surface area contributed by atoms with Gasteiger partial charge in [-0.25, -0.2) is 0 Å². The summed E-state index contributed by atoms with van der Waals surface area (Å²) in [6, 6.07) is 0. The fourth-order valence-electron chi connectivity index (χ4n) is 0.707. The van der Waals surface area contributed by atoms with Gasteiger partial charge in [0.05, 0.1) is 0 Å². The largest absolute Gasteiger partial charge is 0.0776 e. The fraction of sp³-hybridized carbons (Fsp3) is 1.00. The van der Waals surface area contributed by atoms with Gasteiger partial charge in [0.2, 0.25) is 0 Å². The van der Waals surface area contributed by atoms with E-state index in [2.05, 4.69) is 76.2 Å². The molecule has 0 saturated carbocycles. The highest BCUT2D eigenvalue weighted by Gasteiger charge is 1.69. The van der Waals surface area contributed by atoms with Crippen molar-refractivity contribution in [2.45, 2.75) is 142 Å². The molecule has 0 fully saturated rings. The number of hydrogen-bond acceptors (Lipinski definition) is 0. The molecule has 146 valence electrons. The Hall–Kier alpha value is 0. The lowest BCUT2D eigenvalue weighted by molar-refractivity contribution is 0.737. The van der Waals surface area contributed by atoms with Gasteiger partial charge in [0.25, 0.3) is 0 Å². The molecular weight excluding hydrogens is 264 g/mol. The van der Waals surface area contributed by atoms with Crippen LogP contribution in [-0.4, -0.2) is 0 Å². The van der Waals surface area contributed by atoms with Crippen molar-refractivity contribution in [3.05, 3.63) is 0 Å². The van der Waals surface area contributed by atoms with E-state index in [9.17, 15) is 0 Å². The van der Waals surface area contributed by atoms with Crippen LogP contribution in [0.2, 0.25) is 0 Å². The van der Waals surface area contributed by atoms with Gasteiger partial charge in [-0.1, -0.05) is 142 Å². The summed E-state index contributed by atoms with van der Waals surface area (Å²) in [6.45, 7) is 23.8. The average Bonchev–Trinajstić information content (AvgIpc) is 2.33. The molecule has 0 aliphatic heterocycles. The molecule has 0 heteroatoms. The lowest BCUT2D eigenvalue weighted by Gasteiger charge is -1.79. The molecule has 0 unspecified atom stereocenters. The van der Waals surface area contributed by atoms with Crippen molar-refractivity contribution in [2.24, 2.45) is 5.92 Å². The van der Waals surface area contributed by atoms with E-state index < -0.39 is 0 Å². The standard InChI is InChI=1S/2C5H12.C4H10.2C3H8.2CH4/c2*1-3-5-4-2;1-4(2)3;2*1-3-2;;/h2*3-5H2,1-2H3;4H,1-3H3;2*3H2,1-2H3;2*1H4. The SMILES string of the molecule is C.C.CC(C)C.CCC.CCC.CCCCC.CCCCC. The maximum absolute atomic E-state index is 2.21.